The number of hydrogen-bond donors (Lipinski definition) is 0. The highest BCUT2D eigenvalue weighted by Crippen LogP contribution is 2.66. The molecule has 0 aliphatic heterocycles. The second kappa shape index (κ2) is 5.26. The summed E-state index contributed by atoms with van der Waals surface area (Å²) < 4.78 is 0. The Morgan fingerprint density at radius 2 is 1.09 bits per heavy atom. The molecular formula is C22H26. The maximum absolute atomic E-state index is 2.51. The van der Waals surface area contributed by atoms with E-state index in [1.165, 1.54) is 19.3 Å². The molecule has 22 heavy (non-hydrogen) atoms. The topological polar surface area (TPSA) is 0 Å². The molecule has 2 aliphatic rings. The summed E-state index contributed by atoms with van der Waals surface area (Å²) in [6.45, 7) is 5.03. The second-order valence-corrected chi connectivity index (χ2v) is 7.86. The lowest BCUT2D eigenvalue weighted by Crippen LogP contribution is -2.25. The highest BCUT2D eigenvalue weighted by atomic mass is 14.6. The summed E-state index contributed by atoms with van der Waals surface area (Å²) in [5.74, 6) is 3.13. The van der Waals surface area contributed by atoms with Gasteiger partial charge in [0, 0.05) is 0 Å². The predicted molar refractivity (Wildman–Crippen MR) is 93.0 cm³/mol. The minimum Gasteiger partial charge on any atom is -0.0622 e. The van der Waals surface area contributed by atoms with Crippen molar-refractivity contribution in [3.8, 4) is 0 Å². The van der Waals surface area contributed by atoms with Crippen LogP contribution in [-0.2, 0) is 0 Å². The van der Waals surface area contributed by atoms with Crippen molar-refractivity contribution in [3.63, 3.8) is 0 Å². The molecule has 0 bridgehead atoms. The summed E-state index contributed by atoms with van der Waals surface area (Å²) in [6.07, 6.45) is 4.24. The van der Waals surface area contributed by atoms with Crippen LogP contribution in [0.3, 0.4) is 0 Å². The van der Waals surface area contributed by atoms with Gasteiger partial charge in [0.25, 0.3) is 0 Å². The van der Waals surface area contributed by atoms with E-state index in [2.05, 4.69) is 74.5 Å². The van der Waals surface area contributed by atoms with Crippen molar-refractivity contribution in [2.45, 2.75) is 44.9 Å². The van der Waals surface area contributed by atoms with E-state index in [-0.39, 0.29) is 0 Å². The van der Waals surface area contributed by atoms with Crippen LogP contribution in [0.1, 0.15) is 56.1 Å². The van der Waals surface area contributed by atoms with Crippen LogP contribution in [0.15, 0.2) is 60.7 Å². The minimum atomic E-state index is 0.332. The van der Waals surface area contributed by atoms with Crippen molar-refractivity contribution in [1.29, 1.82) is 0 Å². The number of fused-ring (bicyclic) bond motifs is 1. The molecule has 0 radical (unpaired) electrons. The van der Waals surface area contributed by atoms with E-state index >= 15 is 0 Å². The molecule has 4 atom stereocenters. The minimum absolute atomic E-state index is 0.332. The first-order valence-corrected chi connectivity index (χ1v) is 8.79. The Labute approximate surface area is 134 Å². The van der Waals surface area contributed by atoms with Gasteiger partial charge in [-0.15, -0.1) is 0 Å². The van der Waals surface area contributed by atoms with Crippen molar-refractivity contribution >= 4 is 0 Å². The van der Waals surface area contributed by atoms with Crippen LogP contribution in [0, 0.1) is 17.3 Å². The number of benzene rings is 2. The average Bonchev–Trinajstić information content (AvgIpc) is 3.05. The Bertz CT molecular complexity index is 570. The summed E-state index contributed by atoms with van der Waals surface area (Å²) in [6, 6.07) is 22.6. The lowest BCUT2D eigenvalue weighted by Gasteiger charge is -2.36. The van der Waals surface area contributed by atoms with Gasteiger partial charge in [-0.3, -0.25) is 0 Å². The van der Waals surface area contributed by atoms with Gasteiger partial charge in [-0.05, 0) is 53.1 Å². The highest BCUT2D eigenvalue weighted by molar-refractivity contribution is 5.34. The monoisotopic (exact) mass is 290 g/mol. The molecule has 2 aromatic rings. The molecule has 2 fully saturated rings. The lowest BCUT2D eigenvalue weighted by molar-refractivity contribution is 0.258. The zero-order valence-electron chi connectivity index (χ0n) is 13.7. The van der Waals surface area contributed by atoms with Crippen LogP contribution >= 0.6 is 0 Å². The molecule has 114 valence electrons. The van der Waals surface area contributed by atoms with Gasteiger partial charge < -0.3 is 0 Å². The second-order valence-electron chi connectivity index (χ2n) is 7.86. The fourth-order valence-electron chi connectivity index (χ4n) is 5.82. The van der Waals surface area contributed by atoms with Gasteiger partial charge in [-0.1, -0.05) is 80.9 Å². The number of hydrogen-bond acceptors (Lipinski definition) is 0. The first kappa shape index (κ1) is 14.1. The van der Waals surface area contributed by atoms with E-state index in [4.69, 9.17) is 0 Å². The summed E-state index contributed by atoms with van der Waals surface area (Å²) in [5.41, 5.74) is 3.45. The summed E-state index contributed by atoms with van der Waals surface area (Å²) in [7, 11) is 0. The maximum Gasteiger partial charge on any atom is -0.00735 e. The normalized spacial score (nSPS) is 32.8. The van der Waals surface area contributed by atoms with E-state index in [0.717, 1.165) is 11.8 Å². The van der Waals surface area contributed by atoms with Crippen molar-refractivity contribution in [1.82, 2.24) is 0 Å². The van der Waals surface area contributed by atoms with Gasteiger partial charge in [0.1, 0.15) is 0 Å². The molecule has 0 nitrogen and oxygen atoms in total. The maximum atomic E-state index is 2.51. The smallest absolute Gasteiger partial charge is 0.00735 e. The fourth-order valence-corrected chi connectivity index (χ4v) is 5.82. The largest absolute Gasteiger partial charge is 0.0622 e. The zero-order chi connectivity index (χ0) is 15.2. The molecule has 0 amide bonds. The number of rotatable bonds is 2. The third kappa shape index (κ3) is 2.04. The summed E-state index contributed by atoms with van der Waals surface area (Å²) in [5, 5.41) is 0. The van der Waals surface area contributed by atoms with E-state index in [1.807, 2.05) is 0 Å². The van der Waals surface area contributed by atoms with Crippen LogP contribution in [0.4, 0.5) is 0 Å². The third-order valence-electron chi connectivity index (χ3n) is 6.40. The van der Waals surface area contributed by atoms with Crippen LogP contribution < -0.4 is 0 Å². The van der Waals surface area contributed by atoms with Crippen LogP contribution in [0.25, 0.3) is 0 Å². The van der Waals surface area contributed by atoms with Crippen molar-refractivity contribution in [3.05, 3.63) is 71.8 Å². The van der Waals surface area contributed by atoms with Gasteiger partial charge in [0.05, 0.1) is 0 Å². The van der Waals surface area contributed by atoms with Gasteiger partial charge in [-0.2, -0.15) is 0 Å². The van der Waals surface area contributed by atoms with Crippen LogP contribution in [-0.4, -0.2) is 0 Å². The molecule has 0 heterocycles. The van der Waals surface area contributed by atoms with Crippen molar-refractivity contribution < 1.29 is 0 Å². The first-order chi connectivity index (χ1) is 10.7. The molecule has 2 saturated carbocycles. The highest BCUT2D eigenvalue weighted by Gasteiger charge is 2.56. The van der Waals surface area contributed by atoms with E-state index < -0.39 is 0 Å². The summed E-state index contributed by atoms with van der Waals surface area (Å²) in [4.78, 5) is 0. The molecule has 2 aliphatic carbocycles. The van der Waals surface area contributed by atoms with Gasteiger partial charge in [0.15, 0.2) is 0 Å². The molecule has 0 N–H and O–H groups in total. The Hall–Kier alpha value is -1.56. The molecule has 0 saturated heterocycles. The first-order valence-electron chi connectivity index (χ1n) is 8.79. The van der Waals surface area contributed by atoms with E-state index in [1.54, 1.807) is 11.1 Å². The molecular weight excluding hydrogens is 264 g/mol. The average molecular weight is 290 g/mol. The Balaban J connectivity index is 1.81. The summed E-state index contributed by atoms with van der Waals surface area (Å²) >= 11 is 0. The Morgan fingerprint density at radius 3 is 1.50 bits per heavy atom. The van der Waals surface area contributed by atoms with E-state index in [0.29, 0.717) is 17.3 Å². The molecule has 4 rings (SSSR count). The molecule has 0 aromatic heterocycles. The van der Waals surface area contributed by atoms with Crippen LogP contribution in [0.2, 0.25) is 0 Å². The van der Waals surface area contributed by atoms with Crippen LogP contribution in [0.5, 0.6) is 0 Å². The predicted octanol–water partition coefficient (Wildman–Crippen LogP) is 6.01. The quantitative estimate of drug-likeness (QED) is 0.635. The van der Waals surface area contributed by atoms with Gasteiger partial charge in [0.2, 0.25) is 0 Å². The molecule has 2 aromatic carbocycles. The zero-order valence-corrected chi connectivity index (χ0v) is 13.7. The van der Waals surface area contributed by atoms with E-state index in [9.17, 15) is 0 Å². The Kier molecular flexibility index (Phi) is 3.36. The SMILES string of the molecule is CC1(C)C(c2ccccc2)C2CCCC2C1c1ccccc1. The lowest BCUT2D eigenvalue weighted by atomic mass is 9.68. The van der Waals surface area contributed by atoms with Gasteiger partial charge >= 0.3 is 0 Å². The third-order valence-corrected chi connectivity index (χ3v) is 6.40. The van der Waals surface area contributed by atoms with Crippen molar-refractivity contribution in [2.24, 2.45) is 17.3 Å². The van der Waals surface area contributed by atoms with Gasteiger partial charge in [-0.25, -0.2) is 0 Å². The molecule has 0 heteroatoms. The van der Waals surface area contributed by atoms with Crippen molar-refractivity contribution in [2.75, 3.05) is 0 Å². The molecule has 0 spiro atoms. The standard InChI is InChI=1S/C22H26/c1-22(2)20(16-10-5-3-6-11-16)18-14-9-15-19(18)21(22)17-12-7-4-8-13-17/h3-8,10-13,18-21H,9,14-15H2,1-2H3. The fraction of sp³-hybridized carbons (Fsp3) is 0.455. The molecule has 4 unspecified atom stereocenters. The Morgan fingerprint density at radius 1 is 0.682 bits per heavy atom.